The number of amides is 1. The Hall–Kier alpha value is -0.530. The van der Waals surface area contributed by atoms with Crippen molar-refractivity contribution in [3.05, 3.63) is 0 Å². The van der Waals surface area contributed by atoms with E-state index in [1.165, 1.54) is 19.3 Å². The molecule has 0 atom stereocenters. The Kier molecular flexibility index (Phi) is 1.67. The molecule has 0 unspecified atom stereocenters. The lowest BCUT2D eigenvalue weighted by Gasteiger charge is -2.52. The van der Waals surface area contributed by atoms with Crippen LogP contribution in [0.5, 0.6) is 0 Å². The number of hydrogen-bond acceptors (Lipinski definition) is 1. The van der Waals surface area contributed by atoms with Gasteiger partial charge in [0.2, 0.25) is 5.91 Å². The minimum Gasteiger partial charge on any atom is -0.339 e. The Labute approximate surface area is 73.9 Å². The summed E-state index contributed by atoms with van der Waals surface area (Å²) in [6.45, 7) is 5.59. The van der Waals surface area contributed by atoms with Crippen LogP contribution in [0, 0.1) is 5.41 Å². The molecule has 0 radical (unpaired) electrons. The number of carbonyl (C=O) groups excluding carboxylic acids is 1. The third kappa shape index (κ3) is 1.05. The van der Waals surface area contributed by atoms with E-state index in [1.807, 2.05) is 0 Å². The molecule has 2 aliphatic rings. The molecule has 2 rings (SSSR count). The van der Waals surface area contributed by atoms with E-state index >= 15 is 0 Å². The smallest absolute Gasteiger partial charge is 0.224 e. The Bertz CT molecular complexity index is 206. The van der Waals surface area contributed by atoms with Crippen molar-refractivity contribution in [3.63, 3.8) is 0 Å². The number of β-lactam (4-membered cyclic amide) rings is 1. The molecule has 68 valence electrons. The minimum atomic E-state index is 0.373. The van der Waals surface area contributed by atoms with Gasteiger partial charge in [0.15, 0.2) is 0 Å². The van der Waals surface area contributed by atoms with Gasteiger partial charge in [-0.2, -0.15) is 0 Å². The van der Waals surface area contributed by atoms with E-state index in [1.54, 1.807) is 0 Å². The third-order valence-electron chi connectivity index (χ3n) is 3.64. The quantitative estimate of drug-likeness (QED) is 0.574. The SMILES string of the molecule is CCC1(C)CC(N2CCC2=O)C1. The Morgan fingerprint density at radius 2 is 2.25 bits per heavy atom. The largest absolute Gasteiger partial charge is 0.339 e. The van der Waals surface area contributed by atoms with E-state index in [9.17, 15) is 4.79 Å². The van der Waals surface area contributed by atoms with Crippen molar-refractivity contribution in [1.29, 1.82) is 0 Å². The molecule has 12 heavy (non-hydrogen) atoms. The molecular weight excluding hydrogens is 150 g/mol. The maximum atomic E-state index is 11.1. The standard InChI is InChI=1S/C10H17NO/c1-3-10(2)6-8(7-10)11-5-4-9(11)12/h8H,3-7H2,1-2H3. The zero-order valence-electron chi connectivity index (χ0n) is 7.97. The average molecular weight is 167 g/mol. The van der Waals surface area contributed by atoms with E-state index in [2.05, 4.69) is 18.7 Å². The van der Waals surface area contributed by atoms with E-state index in [-0.39, 0.29) is 0 Å². The van der Waals surface area contributed by atoms with Gasteiger partial charge in [-0.05, 0) is 18.3 Å². The summed E-state index contributed by atoms with van der Waals surface area (Å²) in [4.78, 5) is 13.1. The summed E-state index contributed by atoms with van der Waals surface area (Å²) in [5, 5.41) is 0. The summed E-state index contributed by atoms with van der Waals surface area (Å²) >= 11 is 0. The molecule has 0 aromatic heterocycles. The number of nitrogens with zero attached hydrogens (tertiary/aromatic N) is 1. The number of carbonyl (C=O) groups is 1. The molecule has 0 spiro atoms. The van der Waals surface area contributed by atoms with Crippen molar-refractivity contribution in [2.45, 2.75) is 45.6 Å². The molecule has 1 aliphatic heterocycles. The van der Waals surface area contributed by atoms with Crippen molar-refractivity contribution in [2.24, 2.45) is 5.41 Å². The molecule has 2 fully saturated rings. The molecule has 1 saturated carbocycles. The lowest BCUT2D eigenvalue weighted by atomic mass is 9.64. The van der Waals surface area contributed by atoms with Crippen LogP contribution in [0.3, 0.4) is 0 Å². The van der Waals surface area contributed by atoms with Crippen LogP contribution in [-0.4, -0.2) is 23.4 Å². The Balaban J connectivity index is 1.85. The van der Waals surface area contributed by atoms with E-state index in [0.717, 1.165) is 13.0 Å². The molecule has 0 N–H and O–H groups in total. The fourth-order valence-electron chi connectivity index (χ4n) is 2.31. The van der Waals surface area contributed by atoms with Crippen molar-refractivity contribution in [3.8, 4) is 0 Å². The lowest BCUT2D eigenvalue weighted by molar-refractivity contribution is -0.149. The van der Waals surface area contributed by atoms with Gasteiger partial charge in [0.05, 0.1) is 0 Å². The molecule has 0 aromatic rings. The van der Waals surface area contributed by atoms with Gasteiger partial charge in [0.25, 0.3) is 0 Å². The van der Waals surface area contributed by atoms with Crippen LogP contribution in [0.4, 0.5) is 0 Å². The van der Waals surface area contributed by atoms with Crippen LogP contribution in [-0.2, 0) is 4.79 Å². The second-order valence-electron chi connectivity index (χ2n) is 4.56. The number of likely N-dealkylation sites (tertiary alicyclic amines) is 1. The minimum absolute atomic E-state index is 0.373. The van der Waals surface area contributed by atoms with Gasteiger partial charge in [-0.1, -0.05) is 20.3 Å². The number of rotatable bonds is 2. The zero-order chi connectivity index (χ0) is 8.77. The first-order valence-corrected chi connectivity index (χ1v) is 4.94. The van der Waals surface area contributed by atoms with E-state index in [4.69, 9.17) is 0 Å². The third-order valence-corrected chi connectivity index (χ3v) is 3.64. The maximum Gasteiger partial charge on any atom is 0.224 e. The molecular formula is C10H17NO. The van der Waals surface area contributed by atoms with Crippen LogP contribution in [0.2, 0.25) is 0 Å². The first-order chi connectivity index (χ1) is 5.64. The Morgan fingerprint density at radius 3 is 2.58 bits per heavy atom. The first kappa shape index (κ1) is 8.09. The summed E-state index contributed by atoms with van der Waals surface area (Å²) in [6, 6.07) is 0.594. The van der Waals surface area contributed by atoms with Crippen LogP contribution in [0.25, 0.3) is 0 Å². The van der Waals surface area contributed by atoms with Gasteiger partial charge >= 0.3 is 0 Å². The predicted octanol–water partition coefficient (Wildman–Crippen LogP) is 1.80. The molecule has 1 heterocycles. The molecule has 0 aromatic carbocycles. The van der Waals surface area contributed by atoms with Gasteiger partial charge < -0.3 is 4.90 Å². The van der Waals surface area contributed by atoms with Crippen LogP contribution >= 0.6 is 0 Å². The second-order valence-corrected chi connectivity index (χ2v) is 4.56. The highest BCUT2D eigenvalue weighted by atomic mass is 16.2. The summed E-state index contributed by atoms with van der Waals surface area (Å²) in [5.41, 5.74) is 0.542. The summed E-state index contributed by atoms with van der Waals surface area (Å²) in [6.07, 6.45) is 4.51. The maximum absolute atomic E-state index is 11.1. The summed E-state index contributed by atoms with van der Waals surface area (Å²) < 4.78 is 0. The molecule has 2 heteroatoms. The molecule has 0 bridgehead atoms. The molecule has 1 saturated heterocycles. The van der Waals surface area contributed by atoms with Crippen molar-refractivity contribution in [1.82, 2.24) is 4.90 Å². The highest BCUT2D eigenvalue weighted by Crippen LogP contribution is 2.46. The van der Waals surface area contributed by atoms with E-state index < -0.39 is 0 Å². The van der Waals surface area contributed by atoms with Gasteiger partial charge in [-0.15, -0.1) is 0 Å². The highest BCUT2D eigenvalue weighted by molar-refractivity contribution is 5.82. The van der Waals surface area contributed by atoms with Crippen LogP contribution < -0.4 is 0 Å². The van der Waals surface area contributed by atoms with Gasteiger partial charge in [0.1, 0.15) is 0 Å². The Morgan fingerprint density at radius 1 is 1.58 bits per heavy atom. The van der Waals surface area contributed by atoms with Crippen molar-refractivity contribution < 1.29 is 4.79 Å². The summed E-state index contributed by atoms with van der Waals surface area (Å²) in [7, 11) is 0. The normalized spacial score (nSPS) is 40.7. The van der Waals surface area contributed by atoms with Gasteiger partial charge in [-0.3, -0.25) is 4.79 Å². The highest BCUT2D eigenvalue weighted by Gasteiger charge is 2.45. The second kappa shape index (κ2) is 2.48. The molecule has 1 amide bonds. The monoisotopic (exact) mass is 167 g/mol. The van der Waals surface area contributed by atoms with Gasteiger partial charge in [-0.25, -0.2) is 0 Å². The van der Waals surface area contributed by atoms with E-state index in [0.29, 0.717) is 17.4 Å². The van der Waals surface area contributed by atoms with Crippen LogP contribution in [0.15, 0.2) is 0 Å². The zero-order valence-corrected chi connectivity index (χ0v) is 7.97. The summed E-state index contributed by atoms with van der Waals surface area (Å²) in [5.74, 6) is 0.373. The first-order valence-electron chi connectivity index (χ1n) is 4.94. The topological polar surface area (TPSA) is 20.3 Å². The fraction of sp³-hybridized carbons (Fsp3) is 0.900. The van der Waals surface area contributed by atoms with Crippen molar-refractivity contribution in [2.75, 3.05) is 6.54 Å². The fourth-order valence-corrected chi connectivity index (χ4v) is 2.31. The van der Waals surface area contributed by atoms with Crippen molar-refractivity contribution >= 4 is 5.91 Å². The van der Waals surface area contributed by atoms with Gasteiger partial charge in [0, 0.05) is 19.0 Å². The number of hydrogen-bond donors (Lipinski definition) is 0. The molecule has 1 aliphatic carbocycles. The lowest BCUT2D eigenvalue weighted by Crippen LogP contribution is -2.57. The average Bonchev–Trinajstić information content (AvgIpc) is 1.98. The predicted molar refractivity (Wildman–Crippen MR) is 47.8 cm³/mol. The van der Waals surface area contributed by atoms with Crippen LogP contribution in [0.1, 0.15) is 39.5 Å². The molecule has 2 nitrogen and oxygen atoms in total.